The third kappa shape index (κ3) is 4.64. The quantitative estimate of drug-likeness (QED) is 0.792. The van der Waals surface area contributed by atoms with E-state index in [1.807, 2.05) is 18.2 Å². The number of nitrogens with zero attached hydrogens (tertiary/aromatic N) is 1. The average molecular weight is 429 g/mol. The number of hydrogen-bond donors (Lipinski definition) is 1. The maximum absolute atomic E-state index is 12.8. The number of piperidine rings is 1. The zero-order valence-electron chi connectivity index (χ0n) is 16.8. The SMILES string of the molecule is CS(=O)Cc1cccc(C(=O)N2CCC(C(=O)Nc3ccc4c(c3)OCO4)CC2)c1. The Balaban J connectivity index is 1.32. The first-order valence-corrected chi connectivity index (χ1v) is 11.6. The van der Waals surface area contributed by atoms with Gasteiger partial charge in [0.1, 0.15) is 0 Å². The topological polar surface area (TPSA) is 84.9 Å². The van der Waals surface area contributed by atoms with Gasteiger partial charge >= 0.3 is 0 Å². The molecule has 0 saturated carbocycles. The lowest BCUT2D eigenvalue weighted by Gasteiger charge is -2.31. The normalized spacial score (nSPS) is 16.9. The van der Waals surface area contributed by atoms with Crippen LogP contribution in [0.25, 0.3) is 0 Å². The van der Waals surface area contributed by atoms with Crippen LogP contribution in [0.5, 0.6) is 11.5 Å². The van der Waals surface area contributed by atoms with Crippen LogP contribution in [-0.2, 0) is 21.3 Å². The van der Waals surface area contributed by atoms with Crippen LogP contribution < -0.4 is 14.8 Å². The van der Waals surface area contributed by atoms with E-state index in [0.29, 0.717) is 54.4 Å². The van der Waals surface area contributed by atoms with Crippen LogP contribution in [-0.4, -0.2) is 47.1 Å². The van der Waals surface area contributed by atoms with E-state index < -0.39 is 10.8 Å². The van der Waals surface area contributed by atoms with Crippen molar-refractivity contribution in [1.29, 1.82) is 0 Å². The second-order valence-electron chi connectivity index (χ2n) is 7.54. The van der Waals surface area contributed by atoms with Gasteiger partial charge in [0, 0.05) is 59.1 Å². The molecule has 7 nitrogen and oxygen atoms in total. The molecule has 1 saturated heterocycles. The molecule has 2 aromatic carbocycles. The number of carbonyl (C=O) groups excluding carboxylic acids is 2. The summed E-state index contributed by atoms with van der Waals surface area (Å²) in [6.07, 6.45) is 2.87. The van der Waals surface area contributed by atoms with Crippen LogP contribution in [0.1, 0.15) is 28.8 Å². The Hall–Kier alpha value is -2.87. The first-order valence-electron chi connectivity index (χ1n) is 9.88. The van der Waals surface area contributed by atoms with Crippen LogP contribution in [0.2, 0.25) is 0 Å². The lowest BCUT2D eigenvalue weighted by Crippen LogP contribution is -2.41. The number of carbonyl (C=O) groups is 2. The van der Waals surface area contributed by atoms with Gasteiger partial charge in [-0.15, -0.1) is 0 Å². The number of amides is 2. The average Bonchev–Trinajstić information content (AvgIpc) is 3.21. The molecule has 1 atom stereocenters. The van der Waals surface area contributed by atoms with Crippen molar-refractivity contribution in [2.75, 3.05) is 31.5 Å². The molecule has 1 fully saturated rings. The molecule has 158 valence electrons. The standard InChI is InChI=1S/C22H24N2O5S/c1-30(27)13-15-3-2-4-17(11-15)22(26)24-9-7-16(8-10-24)21(25)23-18-5-6-19-20(12-18)29-14-28-19/h2-6,11-12,16H,7-10,13-14H2,1H3,(H,23,25). The zero-order valence-corrected chi connectivity index (χ0v) is 17.6. The molecular formula is C22H24N2O5S. The monoisotopic (exact) mass is 428 g/mol. The number of likely N-dealkylation sites (tertiary alicyclic amines) is 1. The van der Waals surface area contributed by atoms with E-state index in [2.05, 4.69) is 5.32 Å². The molecule has 0 radical (unpaired) electrons. The molecule has 2 aliphatic rings. The molecule has 30 heavy (non-hydrogen) atoms. The minimum atomic E-state index is -0.954. The van der Waals surface area contributed by atoms with Crippen molar-refractivity contribution in [3.63, 3.8) is 0 Å². The van der Waals surface area contributed by atoms with Gasteiger partial charge in [-0.2, -0.15) is 0 Å². The van der Waals surface area contributed by atoms with Crippen molar-refractivity contribution in [2.24, 2.45) is 5.92 Å². The van der Waals surface area contributed by atoms with Crippen LogP contribution >= 0.6 is 0 Å². The molecule has 1 unspecified atom stereocenters. The van der Waals surface area contributed by atoms with Crippen molar-refractivity contribution in [3.8, 4) is 11.5 Å². The van der Waals surface area contributed by atoms with Gasteiger partial charge in [0.25, 0.3) is 5.91 Å². The fourth-order valence-electron chi connectivity index (χ4n) is 3.77. The molecule has 2 heterocycles. The van der Waals surface area contributed by atoms with E-state index in [-0.39, 0.29) is 24.5 Å². The summed E-state index contributed by atoms with van der Waals surface area (Å²) in [6, 6.07) is 12.6. The molecule has 8 heteroatoms. The van der Waals surface area contributed by atoms with Gasteiger partial charge in [0.05, 0.1) is 0 Å². The number of ether oxygens (including phenoxy) is 2. The highest BCUT2D eigenvalue weighted by Gasteiger charge is 2.28. The molecular weight excluding hydrogens is 404 g/mol. The highest BCUT2D eigenvalue weighted by molar-refractivity contribution is 7.83. The second kappa shape index (κ2) is 8.87. The van der Waals surface area contributed by atoms with Crippen molar-refractivity contribution in [1.82, 2.24) is 4.90 Å². The maximum Gasteiger partial charge on any atom is 0.253 e. The van der Waals surface area contributed by atoms with Gasteiger partial charge in [0.2, 0.25) is 12.7 Å². The molecule has 2 amide bonds. The van der Waals surface area contributed by atoms with E-state index in [1.165, 1.54) is 0 Å². The first-order chi connectivity index (χ1) is 14.5. The third-order valence-corrected chi connectivity index (χ3v) is 6.08. The second-order valence-corrected chi connectivity index (χ2v) is 8.98. The third-order valence-electron chi connectivity index (χ3n) is 5.34. The molecule has 2 aliphatic heterocycles. The summed E-state index contributed by atoms with van der Waals surface area (Å²) in [7, 11) is -0.954. The molecule has 0 spiro atoms. The van der Waals surface area contributed by atoms with Crippen LogP contribution in [0.15, 0.2) is 42.5 Å². The Morgan fingerprint density at radius 2 is 1.87 bits per heavy atom. The fourth-order valence-corrected chi connectivity index (χ4v) is 4.42. The minimum absolute atomic E-state index is 0.0478. The number of nitrogens with one attached hydrogen (secondary N) is 1. The Labute approximate surface area is 177 Å². The highest BCUT2D eigenvalue weighted by Crippen LogP contribution is 2.34. The number of fused-ring (bicyclic) bond motifs is 1. The summed E-state index contributed by atoms with van der Waals surface area (Å²) < 4.78 is 22.1. The van der Waals surface area contributed by atoms with Gasteiger partial charge in [-0.1, -0.05) is 12.1 Å². The molecule has 0 bridgehead atoms. The van der Waals surface area contributed by atoms with Crippen molar-refractivity contribution in [2.45, 2.75) is 18.6 Å². The highest BCUT2D eigenvalue weighted by atomic mass is 32.2. The molecule has 0 aromatic heterocycles. The summed E-state index contributed by atoms with van der Waals surface area (Å²) in [5.74, 6) is 1.50. The van der Waals surface area contributed by atoms with E-state index >= 15 is 0 Å². The van der Waals surface area contributed by atoms with E-state index in [0.717, 1.165) is 5.56 Å². The summed E-state index contributed by atoms with van der Waals surface area (Å²) >= 11 is 0. The Morgan fingerprint density at radius 3 is 2.63 bits per heavy atom. The molecule has 2 aromatic rings. The number of anilines is 1. The van der Waals surface area contributed by atoms with Crippen LogP contribution in [0.4, 0.5) is 5.69 Å². The summed E-state index contributed by atoms with van der Waals surface area (Å²) in [5, 5.41) is 2.94. The number of hydrogen-bond acceptors (Lipinski definition) is 5. The Bertz CT molecular complexity index is 985. The van der Waals surface area contributed by atoms with E-state index in [1.54, 1.807) is 35.4 Å². The Morgan fingerprint density at radius 1 is 1.10 bits per heavy atom. The van der Waals surface area contributed by atoms with Crippen molar-refractivity contribution in [3.05, 3.63) is 53.6 Å². The fraction of sp³-hybridized carbons (Fsp3) is 0.364. The van der Waals surface area contributed by atoms with Gasteiger partial charge in [-0.05, 0) is 42.7 Å². The maximum atomic E-state index is 12.8. The van der Waals surface area contributed by atoms with Gasteiger partial charge in [0.15, 0.2) is 11.5 Å². The smallest absolute Gasteiger partial charge is 0.253 e. The largest absolute Gasteiger partial charge is 0.454 e. The van der Waals surface area contributed by atoms with Gasteiger partial charge in [-0.25, -0.2) is 0 Å². The molecule has 1 N–H and O–H groups in total. The minimum Gasteiger partial charge on any atom is -0.454 e. The summed E-state index contributed by atoms with van der Waals surface area (Å²) in [4.78, 5) is 27.3. The lowest BCUT2D eigenvalue weighted by molar-refractivity contribution is -0.121. The van der Waals surface area contributed by atoms with Gasteiger partial charge < -0.3 is 19.7 Å². The van der Waals surface area contributed by atoms with Crippen LogP contribution in [0.3, 0.4) is 0 Å². The van der Waals surface area contributed by atoms with E-state index in [4.69, 9.17) is 9.47 Å². The lowest BCUT2D eigenvalue weighted by atomic mass is 9.95. The van der Waals surface area contributed by atoms with Crippen LogP contribution in [0, 0.1) is 5.92 Å². The summed E-state index contributed by atoms with van der Waals surface area (Å²) in [5.41, 5.74) is 2.16. The van der Waals surface area contributed by atoms with E-state index in [9.17, 15) is 13.8 Å². The number of benzene rings is 2. The predicted molar refractivity (Wildman–Crippen MR) is 114 cm³/mol. The van der Waals surface area contributed by atoms with Crippen molar-refractivity contribution >= 4 is 28.3 Å². The predicted octanol–water partition coefficient (Wildman–Crippen LogP) is 2.78. The Kier molecular flexibility index (Phi) is 6.03. The number of rotatable bonds is 5. The van der Waals surface area contributed by atoms with Gasteiger partial charge in [-0.3, -0.25) is 13.8 Å². The zero-order chi connectivity index (χ0) is 21.1. The molecule has 0 aliphatic carbocycles. The molecule has 4 rings (SSSR count). The van der Waals surface area contributed by atoms with Crippen molar-refractivity contribution < 1.29 is 23.3 Å². The first kappa shape index (κ1) is 20.4. The summed E-state index contributed by atoms with van der Waals surface area (Å²) in [6.45, 7) is 1.25.